The molecule has 0 spiro atoms. The van der Waals surface area contributed by atoms with E-state index in [1.54, 1.807) is 6.07 Å². The highest BCUT2D eigenvalue weighted by Crippen LogP contribution is 2.32. The highest BCUT2D eigenvalue weighted by Gasteiger charge is 2.26. The molecule has 2 aromatic carbocycles. The highest BCUT2D eigenvalue weighted by atomic mass is 19.1. The van der Waals surface area contributed by atoms with E-state index in [2.05, 4.69) is 47.2 Å². The number of carbonyl (C=O) groups is 1. The van der Waals surface area contributed by atoms with Gasteiger partial charge in [-0.15, -0.1) is 0 Å². The third kappa shape index (κ3) is 2.94. The lowest BCUT2D eigenvalue weighted by Crippen LogP contribution is -2.44. The summed E-state index contributed by atoms with van der Waals surface area (Å²) in [7, 11) is 0. The van der Waals surface area contributed by atoms with Gasteiger partial charge in [0, 0.05) is 49.3 Å². The normalized spacial score (nSPS) is 18.3. The first-order valence-corrected chi connectivity index (χ1v) is 8.91. The molecule has 26 heavy (non-hydrogen) atoms. The van der Waals surface area contributed by atoms with Gasteiger partial charge in [-0.2, -0.15) is 0 Å². The highest BCUT2D eigenvalue weighted by molar-refractivity contribution is 6.31. The molecule has 4 rings (SSSR count). The minimum atomic E-state index is -0.328. The Labute approximate surface area is 152 Å². The van der Waals surface area contributed by atoms with Crippen molar-refractivity contribution in [1.29, 1.82) is 0 Å². The van der Waals surface area contributed by atoms with Crippen LogP contribution in [0.5, 0.6) is 0 Å². The molecule has 0 bridgehead atoms. The van der Waals surface area contributed by atoms with E-state index in [0.29, 0.717) is 16.8 Å². The van der Waals surface area contributed by atoms with Crippen LogP contribution in [0.25, 0.3) is 5.57 Å². The molecule has 0 radical (unpaired) electrons. The Balaban J connectivity index is 1.51. The van der Waals surface area contributed by atoms with Crippen LogP contribution in [0.3, 0.4) is 0 Å². The number of nitrogens with one attached hydrogen (secondary N) is 1. The molecular formula is C21H22FN3O. The van der Waals surface area contributed by atoms with Crippen LogP contribution in [-0.4, -0.2) is 37.0 Å². The zero-order valence-electron chi connectivity index (χ0n) is 15.1. The molecule has 0 aromatic heterocycles. The number of benzene rings is 2. The second-order valence-electron chi connectivity index (χ2n) is 6.93. The quantitative estimate of drug-likeness (QED) is 0.841. The summed E-state index contributed by atoms with van der Waals surface area (Å²) in [4.78, 5) is 16.8. The summed E-state index contributed by atoms with van der Waals surface area (Å²) in [5.74, 6) is -0.492. The average Bonchev–Trinajstić information content (AvgIpc) is 2.93. The maximum atomic E-state index is 13.6. The van der Waals surface area contributed by atoms with Crippen molar-refractivity contribution in [3.8, 4) is 0 Å². The molecule has 2 aromatic rings. The molecule has 1 N–H and O–H groups in total. The summed E-state index contributed by atoms with van der Waals surface area (Å²) >= 11 is 0. The Kier molecular flexibility index (Phi) is 4.15. The number of rotatable bonds is 2. The molecule has 2 aliphatic rings. The molecule has 1 saturated heterocycles. The van der Waals surface area contributed by atoms with E-state index < -0.39 is 0 Å². The number of carbonyl (C=O) groups excluding carboxylic acids is 1. The third-order valence-corrected chi connectivity index (χ3v) is 5.31. The third-order valence-electron chi connectivity index (χ3n) is 5.31. The molecular weight excluding hydrogens is 329 g/mol. The van der Waals surface area contributed by atoms with E-state index in [0.717, 1.165) is 26.2 Å². The first-order valence-electron chi connectivity index (χ1n) is 8.91. The van der Waals surface area contributed by atoms with E-state index in [-0.39, 0.29) is 11.7 Å². The number of halogens is 1. The SMILES string of the molecule is Cc1cccc(N2CCN(/C=C3/C(=O)Nc4ccc(F)cc43)CC2)c1C. The topological polar surface area (TPSA) is 35.6 Å². The summed E-state index contributed by atoms with van der Waals surface area (Å²) in [6, 6.07) is 10.8. The van der Waals surface area contributed by atoms with Gasteiger partial charge in [0.15, 0.2) is 0 Å². The zero-order valence-corrected chi connectivity index (χ0v) is 15.1. The first kappa shape index (κ1) is 16.6. The average molecular weight is 351 g/mol. The van der Waals surface area contributed by atoms with Crippen molar-refractivity contribution in [2.75, 3.05) is 36.4 Å². The van der Waals surface area contributed by atoms with Crippen molar-refractivity contribution < 1.29 is 9.18 Å². The van der Waals surface area contributed by atoms with Gasteiger partial charge >= 0.3 is 0 Å². The lowest BCUT2D eigenvalue weighted by Gasteiger charge is -2.36. The fourth-order valence-electron chi connectivity index (χ4n) is 3.64. The fraction of sp³-hybridized carbons (Fsp3) is 0.286. The minimum absolute atomic E-state index is 0.164. The van der Waals surface area contributed by atoms with Gasteiger partial charge in [-0.3, -0.25) is 4.79 Å². The lowest BCUT2D eigenvalue weighted by atomic mass is 10.1. The van der Waals surface area contributed by atoms with Crippen LogP contribution in [0.4, 0.5) is 15.8 Å². The molecule has 0 atom stereocenters. The van der Waals surface area contributed by atoms with Crippen LogP contribution in [0.15, 0.2) is 42.6 Å². The van der Waals surface area contributed by atoms with Gasteiger partial charge in [-0.25, -0.2) is 4.39 Å². The van der Waals surface area contributed by atoms with Gasteiger partial charge < -0.3 is 15.1 Å². The van der Waals surface area contributed by atoms with Gasteiger partial charge in [0.05, 0.1) is 5.57 Å². The van der Waals surface area contributed by atoms with Crippen molar-refractivity contribution in [3.05, 3.63) is 65.1 Å². The van der Waals surface area contributed by atoms with E-state index in [4.69, 9.17) is 0 Å². The second-order valence-corrected chi connectivity index (χ2v) is 6.93. The van der Waals surface area contributed by atoms with Crippen LogP contribution in [0.1, 0.15) is 16.7 Å². The first-order chi connectivity index (χ1) is 12.5. The standard InChI is InChI=1S/C21H22FN3O/c1-14-4-3-5-20(15(14)2)25-10-8-24(9-11-25)13-18-17-12-16(22)6-7-19(17)23-21(18)26/h3-7,12-13H,8-11H2,1-2H3,(H,23,26)/b18-13+. The van der Waals surface area contributed by atoms with Crippen molar-refractivity contribution in [3.63, 3.8) is 0 Å². The Bertz CT molecular complexity index is 898. The number of piperazine rings is 1. The predicted octanol–water partition coefficient (Wildman–Crippen LogP) is 3.56. The van der Waals surface area contributed by atoms with Crippen molar-refractivity contribution in [1.82, 2.24) is 4.90 Å². The number of aryl methyl sites for hydroxylation is 1. The fourth-order valence-corrected chi connectivity index (χ4v) is 3.64. The molecule has 4 nitrogen and oxygen atoms in total. The smallest absolute Gasteiger partial charge is 0.257 e. The lowest BCUT2D eigenvalue weighted by molar-refractivity contribution is -0.110. The molecule has 0 saturated carbocycles. The molecule has 1 fully saturated rings. The number of hydrogen-bond donors (Lipinski definition) is 1. The van der Waals surface area contributed by atoms with Crippen molar-refractivity contribution in [2.45, 2.75) is 13.8 Å². The molecule has 1 amide bonds. The number of fused-ring (bicyclic) bond motifs is 1. The number of amides is 1. The summed E-state index contributed by atoms with van der Waals surface area (Å²) in [5.41, 5.74) is 5.76. The van der Waals surface area contributed by atoms with Gasteiger partial charge in [0.25, 0.3) is 5.91 Å². The Hall–Kier alpha value is -2.82. The predicted molar refractivity (Wildman–Crippen MR) is 103 cm³/mol. The van der Waals surface area contributed by atoms with Crippen molar-refractivity contribution in [2.24, 2.45) is 0 Å². The Morgan fingerprint density at radius 2 is 1.85 bits per heavy atom. The molecule has 2 heterocycles. The van der Waals surface area contributed by atoms with Crippen LogP contribution in [0.2, 0.25) is 0 Å². The summed E-state index contributed by atoms with van der Waals surface area (Å²) in [6.45, 7) is 7.74. The van der Waals surface area contributed by atoms with Crippen LogP contribution >= 0.6 is 0 Å². The van der Waals surface area contributed by atoms with Gasteiger partial charge in [-0.1, -0.05) is 12.1 Å². The van der Waals surface area contributed by atoms with E-state index in [1.807, 2.05) is 6.20 Å². The Morgan fingerprint density at radius 3 is 2.62 bits per heavy atom. The van der Waals surface area contributed by atoms with Crippen LogP contribution < -0.4 is 10.2 Å². The maximum absolute atomic E-state index is 13.6. The monoisotopic (exact) mass is 351 g/mol. The molecule has 0 aliphatic carbocycles. The zero-order chi connectivity index (χ0) is 18.3. The molecule has 5 heteroatoms. The molecule has 134 valence electrons. The van der Waals surface area contributed by atoms with Crippen LogP contribution in [-0.2, 0) is 4.79 Å². The maximum Gasteiger partial charge on any atom is 0.257 e. The largest absolute Gasteiger partial charge is 0.373 e. The number of anilines is 2. The van der Waals surface area contributed by atoms with Gasteiger partial charge in [-0.05, 0) is 49.2 Å². The number of hydrogen-bond acceptors (Lipinski definition) is 3. The Morgan fingerprint density at radius 1 is 1.08 bits per heavy atom. The van der Waals surface area contributed by atoms with E-state index >= 15 is 0 Å². The summed E-state index contributed by atoms with van der Waals surface area (Å²) in [6.07, 6.45) is 1.88. The number of nitrogens with zero attached hydrogens (tertiary/aromatic N) is 2. The van der Waals surface area contributed by atoms with Gasteiger partial charge in [0.2, 0.25) is 0 Å². The summed E-state index contributed by atoms with van der Waals surface area (Å²) < 4.78 is 13.6. The van der Waals surface area contributed by atoms with Gasteiger partial charge in [0.1, 0.15) is 5.82 Å². The second kappa shape index (κ2) is 6.48. The van der Waals surface area contributed by atoms with Crippen molar-refractivity contribution >= 4 is 22.9 Å². The molecule has 0 unspecified atom stereocenters. The molecule has 2 aliphatic heterocycles. The van der Waals surface area contributed by atoms with E-state index in [9.17, 15) is 9.18 Å². The van der Waals surface area contributed by atoms with Crippen LogP contribution in [0, 0.1) is 19.7 Å². The van der Waals surface area contributed by atoms with E-state index in [1.165, 1.54) is 28.9 Å². The summed E-state index contributed by atoms with van der Waals surface area (Å²) in [5, 5.41) is 2.80. The minimum Gasteiger partial charge on any atom is -0.373 e.